The first-order valence-electron chi connectivity index (χ1n) is 7.99. The number of nitrogens with zero attached hydrogens (tertiary/aromatic N) is 1. The topological polar surface area (TPSA) is 54.5 Å². The lowest BCUT2D eigenvalue weighted by molar-refractivity contribution is -0.118. The number of halogens is 2. The van der Waals surface area contributed by atoms with Crippen molar-refractivity contribution in [1.29, 1.82) is 0 Å². The van der Waals surface area contributed by atoms with E-state index in [1.54, 1.807) is 18.2 Å². The molecule has 1 atom stereocenters. The van der Waals surface area contributed by atoms with Crippen LogP contribution in [0.2, 0.25) is 5.02 Å². The summed E-state index contributed by atoms with van der Waals surface area (Å²) in [4.78, 5) is 14.4. The predicted octanol–water partition coefficient (Wildman–Crippen LogP) is 3.67. The first kappa shape index (κ1) is 18.6. The molecule has 0 fully saturated rings. The van der Waals surface area contributed by atoms with E-state index >= 15 is 0 Å². The molecule has 26 heavy (non-hydrogen) atoms. The van der Waals surface area contributed by atoms with Gasteiger partial charge in [-0.1, -0.05) is 29.8 Å². The molecule has 0 saturated carbocycles. The zero-order valence-corrected chi connectivity index (χ0v) is 15.6. The normalized spacial score (nSPS) is 18.0. The molecule has 0 aromatic heterocycles. The van der Waals surface area contributed by atoms with Crippen LogP contribution in [0.15, 0.2) is 53.9 Å². The predicted molar refractivity (Wildman–Crippen MR) is 100 cm³/mol. The van der Waals surface area contributed by atoms with Crippen molar-refractivity contribution in [3.8, 4) is 0 Å². The van der Waals surface area contributed by atoms with Gasteiger partial charge in [-0.25, -0.2) is 12.8 Å². The van der Waals surface area contributed by atoms with E-state index in [0.29, 0.717) is 16.3 Å². The van der Waals surface area contributed by atoms with Crippen LogP contribution >= 0.6 is 11.6 Å². The number of aryl methyl sites for hydroxylation is 1. The quantitative estimate of drug-likeness (QED) is 0.796. The maximum absolute atomic E-state index is 13.1. The molecule has 1 amide bonds. The molecular weight excluding hydrogens is 377 g/mol. The monoisotopic (exact) mass is 393 g/mol. The number of carbonyl (C=O) groups is 1. The van der Waals surface area contributed by atoms with Gasteiger partial charge >= 0.3 is 0 Å². The fourth-order valence-corrected chi connectivity index (χ4v) is 4.28. The molecule has 2 aromatic carbocycles. The maximum atomic E-state index is 13.1. The molecule has 0 bridgehead atoms. The molecule has 3 rings (SSSR count). The summed E-state index contributed by atoms with van der Waals surface area (Å²) in [5, 5.41) is 1.62. The van der Waals surface area contributed by atoms with Gasteiger partial charge in [-0.15, -0.1) is 0 Å². The van der Waals surface area contributed by atoms with Crippen LogP contribution in [0.1, 0.15) is 11.1 Å². The lowest BCUT2D eigenvalue weighted by Crippen LogP contribution is -2.42. The summed E-state index contributed by atoms with van der Waals surface area (Å²) in [6.45, 7) is 1.84. The van der Waals surface area contributed by atoms with E-state index in [9.17, 15) is 17.6 Å². The Bertz CT molecular complexity index is 971. The Morgan fingerprint density at radius 2 is 1.92 bits per heavy atom. The van der Waals surface area contributed by atoms with Crippen LogP contribution in [0, 0.1) is 12.7 Å². The Hall–Kier alpha value is -2.18. The third-order valence-electron chi connectivity index (χ3n) is 4.21. The van der Waals surface area contributed by atoms with Crippen LogP contribution < -0.4 is 4.90 Å². The zero-order chi connectivity index (χ0) is 18.9. The molecule has 7 heteroatoms. The summed E-state index contributed by atoms with van der Waals surface area (Å²) < 4.78 is 36.7. The fraction of sp³-hybridized carbons (Fsp3) is 0.211. The van der Waals surface area contributed by atoms with Crippen LogP contribution in [-0.4, -0.2) is 26.1 Å². The molecule has 1 heterocycles. The number of benzene rings is 2. The van der Waals surface area contributed by atoms with E-state index in [2.05, 4.69) is 0 Å². The number of amides is 1. The number of sulfone groups is 1. The first-order chi connectivity index (χ1) is 12.2. The largest absolute Gasteiger partial charge is 0.304 e. The van der Waals surface area contributed by atoms with Gasteiger partial charge in [-0.3, -0.25) is 4.79 Å². The number of carbonyl (C=O) groups excluding carboxylic acids is 1. The van der Waals surface area contributed by atoms with E-state index < -0.39 is 15.9 Å². The van der Waals surface area contributed by atoms with Gasteiger partial charge in [0.25, 0.3) is 0 Å². The van der Waals surface area contributed by atoms with Crippen molar-refractivity contribution in [1.82, 2.24) is 0 Å². The molecule has 0 saturated heterocycles. The van der Waals surface area contributed by atoms with E-state index in [-0.39, 0.29) is 23.9 Å². The van der Waals surface area contributed by atoms with Crippen molar-refractivity contribution >= 4 is 33.0 Å². The minimum Gasteiger partial charge on any atom is -0.304 e. The molecule has 0 aliphatic carbocycles. The minimum atomic E-state index is -3.34. The molecule has 1 aliphatic heterocycles. The van der Waals surface area contributed by atoms with Crippen LogP contribution in [0.25, 0.3) is 0 Å². The molecule has 1 aliphatic rings. The highest BCUT2D eigenvalue weighted by atomic mass is 35.5. The summed E-state index contributed by atoms with van der Waals surface area (Å²) in [6, 6.07) is 10.2. The van der Waals surface area contributed by atoms with Crippen molar-refractivity contribution in [2.75, 3.05) is 10.7 Å². The van der Waals surface area contributed by atoms with Crippen molar-refractivity contribution in [2.24, 2.45) is 0 Å². The van der Waals surface area contributed by atoms with Gasteiger partial charge in [0, 0.05) is 16.1 Å². The van der Waals surface area contributed by atoms with E-state index in [1.807, 2.05) is 6.92 Å². The molecule has 2 aromatic rings. The van der Waals surface area contributed by atoms with E-state index in [1.165, 1.54) is 35.2 Å². The number of hydrogen-bond donors (Lipinski definition) is 0. The summed E-state index contributed by atoms with van der Waals surface area (Å²) in [6.07, 6.45) is 1.53. The van der Waals surface area contributed by atoms with Crippen molar-refractivity contribution in [3.63, 3.8) is 0 Å². The highest BCUT2D eigenvalue weighted by Gasteiger charge is 2.31. The van der Waals surface area contributed by atoms with Gasteiger partial charge in [0.05, 0.1) is 18.2 Å². The Morgan fingerprint density at radius 3 is 2.50 bits per heavy atom. The Morgan fingerprint density at radius 1 is 1.23 bits per heavy atom. The van der Waals surface area contributed by atoms with Gasteiger partial charge in [0.15, 0.2) is 9.84 Å². The lowest BCUT2D eigenvalue weighted by Gasteiger charge is -2.28. The first-order valence-corrected chi connectivity index (χ1v) is 10.1. The molecule has 4 nitrogen and oxygen atoms in total. The molecular formula is C19H17ClFNO3S. The Labute approximate surface area is 156 Å². The third-order valence-corrected chi connectivity index (χ3v) is 6.00. The number of anilines is 1. The smallest absolute Gasteiger partial charge is 0.231 e. The molecule has 0 unspecified atom stereocenters. The van der Waals surface area contributed by atoms with Gasteiger partial charge in [-0.2, -0.15) is 0 Å². The van der Waals surface area contributed by atoms with Crippen molar-refractivity contribution in [3.05, 3.63) is 75.9 Å². The Balaban J connectivity index is 1.94. The lowest BCUT2D eigenvalue weighted by atomic mass is 10.1. The van der Waals surface area contributed by atoms with Crippen LogP contribution in [0.4, 0.5) is 10.1 Å². The second kappa shape index (κ2) is 7.21. The van der Waals surface area contributed by atoms with Crippen molar-refractivity contribution in [2.45, 2.75) is 19.4 Å². The highest BCUT2D eigenvalue weighted by molar-refractivity contribution is 7.94. The molecule has 0 spiro atoms. The molecule has 0 radical (unpaired) electrons. The number of rotatable bonds is 4. The summed E-state index contributed by atoms with van der Waals surface area (Å²) >= 11 is 6.19. The van der Waals surface area contributed by atoms with E-state index in [0.717, 1.165) is 11.0 Å². The maximum Gasteiger partial charge on any atom is 0.231 e. The van der Waals surface area contributed by atoms with Gasteiger partial charge in [-0.05, 0) is 48.4 Å². The average molecular weight is 394 g/mol. The molecule has 0 N–H and O–H groups in total. The average Bonchev–Trinajstić information content (AvgIpc) is 2.93. The third kappa shape index (κ3) is 4.14. The summed E-state index contributed by atoms with van der Waals surface area (Å²) in [5.41, 5.74) is 2.03. The SMILES string of the molecule is Cc1ccc(N(C(=O)Cc2ccc(F)cc2)[C@H]2C=CS(=O)(=O)C2)cc1Cl. The fourth-order valence-electron chi connectivity index (χ4n) is 2.83. The van der Waals surface area contributed by atoms with Crippen LogP contribution in [0.3, 0.4) is 0 Å². The van der Waals surface area contributed by atoms with Gasteiger partial charge in [0.1, 0.15) is 5.82 Å². The highest BCUT2D eigenvalue weighted by Crippen LogP contribution is 2.28. The summed E-state index contributed by atoms with van der Waals surface area (Å²) in [7, 11) is -3.34. The second-order valence-electron chi connectivity index (χ2n) is 6.23. The van der Waals surface area contributed by atoms with E-state index in [4.69, 9.17) is 11.6 Å². The molecule has 136 valence electrons. The van der Waals surface area contributed by atoms with Crippen LogP contribution in [0.5, 0.6) is 0 Å². The van der Waals surface area contributed by atoms with Crippen LogP contribution in [-0.2, 0) is 21.1 Å². The second-order valence-corrected chi connectivity index (χ2v) is 8.56. The Kier molecular flexibility index (Phi) is 5.16. The van der Waals surface area contributed by atoms with Gasteiger partial charge in [0.2, 0.25) is 5.91 Å². The number of hydrogen-bond acceptors (Lipinski definition) is 3. The minimum absolute atomic E-state index is 0.0240. The standard InChI is InChI=1S/C19H17ClFNO3S/c1-13-2-7-16(11-18(13)20)22(17-8-9-26(24,25)12-17)19(23)10-14-3-5-15(21)6-4-14/h2-9,11,17H,10,12H2,1H3/t17-/m0/s1. The van der Waals surface area contributed by atoms with Crippen molar-refractivity contribution < 1.29 is 17.6 Å². The zero-order valence-electron chi connectivity index (χ0n) is 14.0. The van der Waals surface area contributed by atoms with Gasteiger partial charge < -0.3 is 4.90 Å². The summed E-state index contributed by atoms with van der Waals surface area (Å²) in [5.74, 6) is -0.843.